The Hall–Kier alpha value is -0.960. The minimum absolute atomic E-state index is 0.157. The van der Waals surface area contributed by atoms with Gasteiger partial charge in [0.2, 0.25) is 0 Å². The summed E-state index contributed by atoms with van der Waals surface area (Å²) in [7, 11) is -4.67. The Labute approximate surface area is 101 Å². The normalized spacial score (nSPS) is 13.1. The summed E-state index contributed by atoms with van der Waals surface area (Å²) in [6, 6.07) is 0. The molecule has 0 aromatic rings. The van der Waals surface area contributed by atoms with Crippen LogP contribution in [0, 0.1) is 0 Å². The zero-order chi connectivity index (χ0) is 14.3. The molecule has 0 rings (SSSR count). The zero-order valence-electron chi connectivity index (χ0n) is 10.1. The average Bonchev–Trinajstić information content (AvgIpc) is 1.96. The van der Waals surface area contributed by atoms with E-state index in [2.05, 4.69) is 6.58 Å². The standard InChI is InChI=1S/C9H17NO2.H2O4S/c1-5-8(11)12-7(2)6-9(3,4)10;1-5(2,3)4/h5,7H,1,6,10H2,2-4H3;(H2,1,2,3,4). The van der Waals surface area contributed by atoms with E-state index >= 15 is 0 Å². The van der Waals surface area contributed by atoms with E-state index in [-0.39, 0.29) is 11.6 Å². The Morgan fingerprint density at radius 2 is 1.88 bits per heavy atom. The number of ether oxygens (including phenoxy) is 1. The maximum absolute atomic E-state index is 10.7. The van der Waals surface area contributed by atoms with Crippen LogP contribution in [0.4, 0.5) is 0 Å². The van der Waals surface area contributed by atoms with Crippen molar-refractivity contribution in [3.8, 4) is 0 Å². The Balaban J connectivity index is 0. The first kappa shape index (κ1) is 18.4. The van der Waals surface area contributed by atoms with Crippen molar-refractivity contribution in [1.29, 1.82) is 0 Å². The van der Waals surface area contributed by atoms with Gasteiger partial charge in [-0.3, -0.25) is 9.11 Å². The second-order valence-corrected chi connectivity index (χ2v) is 4.99. The molecule has 0 radical (unpaired) electrons. The highest BCUT2D eigenvalue weighted by atomic mass is 32.3. The van der Waals surface area contributed by atoms with E-state index in [9.17, 15) is 4.79 Å². The number of esters is 1. The number of hydrogen-bond acceptors (Lipinski definition) is 5. The fourth-order valence-electron chi connectivity index (χ4n) is 1.03. The molecule has 0 aliphatic rings. The first-order valence-corrected chi connectivity index (χ1v) is 6.06. The number of carbonyl (C=O) groups excluding carboxylic acids is 1. The molecule has 0 amide bonds. The predicted octanol–water partition coefficient (Wildman–Crippen LogP) is 0.579. The van der Waals surface area contributed by atoms with Crippen LogP contribution < -0.4 is 5.73 Å². The van der Waals surface area contributed by atoms with E-state index in [0.717, 1.165) is 6.08 Å². The second-order valence-electron chi connectivity index (χ2n) is 4.09. The van der Waals surface area contributed by atoms with E-state index < -0.39 is 16.4 Å². The monoisotopic (exact) mass is 269 g/mol. The summed E-state index contributed by atoms with van der Waals surface area (Å²) >= 11 is 0. The van der Waals surface area contributed by atoms with Crippen LogP contribution in [0.5, 0.6) is 0 Å². The Morgan fingerprint density at radius 3 is 2.12 bits per heavy atom. The zero-order valence-corrected chi connectivity index (χ0v) is 10.9. The number of hydrogen-bond donors (Lipinski definition) is 3. The molecule has 0 spiro atoms. The Kier molecular flexibility index (Phi) is 7.99. The number of rotatable bonds is 4. The van der Waals surface area contributed by atoms with E-state index in [1.807, 2.05) is 20.8 Å². The van der Waals surface area contributed by atoms with Gasteiger partial charge in [0.25, 0.3) is 0 Å². The second kappa shape index (κ2) is 7.38. The van der Waals surface area contributed by atoms with Gasteiger partial charge in [0.1, 0.15) is 6.10 Å². The molecule has 0 fully saturated rings. The molecule has 0 aliphatic carbocycles. The molecular weight excluding hydrogens is 250 g/mol. The van der Waals surface area contributed by atoms with E-state index in [0.29, 0.717) is 6.42 Å². The minimum atomic E-state index is -4.67. The van der Waals surface area contributed by atoms with Crippen LogP contribution in [0.25, 0.3) is 0 Å². The topological polar surface area (TPSA) is 127 Å². The molecule has 8 heteroatoms. The van der Waals surface area contributed by atoms with Gasteiger partial charge < -0.3 is 10.5 Å². The van der Waals surface area contributed by atoms with Crippen LogP contribution in [-0.2, 0) is 19.9 Å². The maximum atomic E-state index is 10.7. The summed E-state index contributed by atoms with van der Waals surface area (Å²) in [6.07, 6.45) is 1.64. The van der Waals surface area contributed by atoms with Crippen LogP contribution in [0.15, 0.2) is 12.7 Å². The molecule has 7 nitrogen and oxygen atoms in total. The Bertz CT molecular complexity index is 335. The molecular formula is C9H19NO6S. The van der Waals surface area contributed by atoms with Crippen molar-refractivity contribution in [3.05, 3.63) is 12.7 Å². The van der Waals surface area contributed by atoms with Gasteiger partial charge in [-0.2, -0.15) is 8.42 Å². The van der Waals surface area contributed by atoms with Gasteiger partial charge in [-0.25, -0.2) is 4.79 Å². The van der Waals surface area contributed by atoms with Crippen molar-refractivity contribution in [2.75, 3.05) is 0 Å². The molecule has 1 unspecified atom stereocenters. The SMILES string of the molecule is C=CC(=O)OC(C)CC(C)(C)N.O=S(=O)(O)O. The first-order valence-electron chi connectivity index (χ1n) is 4.67. The average molecular weight is 269 g/mol. The van der Waals surface area contributed by atoms with Crippen LogP contribution in [0.3, 0.4) is 0 Å². The highest BCUT2D eigenvalue weighted by molar-refractivity contribution is 7.79. The molecule has 102 valence electrons. The van der Waals surface area contributed by atoms with Gasteiger partial charge >= 0.3 is 16.4 Å². The maximum Gasteiger partial charge on any atom is 0.394 e. The van der Waals surface area contributed by atoms with Gasteiger partial charge in [-0.05, 0) is 20.8 Å². The third kappa shape index (κ3) is 25.4. The molecule has 0 aliphatic heterocycles. The van der Waals surface area contributed by atoms with Crippen molar-refractivity contribution in [2.24, 2.45) is 5.73 Å². The smallest absolute Gasteiger partial charge is 0.394 e. The molecule has 4 N–H and O–H groups in total. The van der Waals surface area contributed by atoms with Crippen LogP contribution in [0.1, 0.15) is 27.2 Å². The van der Waals surface area contributed by atoms with Crippen molar-refractivity contribution < 1.29 is 27.1 Å². The molecule has 0 saturated heterocycles. The molecule has 1 atom stereocenters. The van der Waals surface area contributed by atoms with E-state index in [4.69, 9.17) is 28.0 Å². The van der Waals surface area contributed by atoms with Crippen molar-refractivity contribution >= 4 is 16.4 Å². The first-order chi connectivity index (χ1) is 7.35. The molecule has 0 bridgehead atoms. The fraction of sp³-hybridized carbons (Fsp3) is 0.667. The summed E-state index contributed by atoms with van der Waals surface area (Å²) in [6.45, 7) is 8.91. The van der Waals surface area contributed by atoms with Gasteiger partial charge in [0.05, 0.1) is 0 Å². The summed E-state index contributed by atoms with van der Waals surface area (Å²) in [5, 5.41) is 0. The summed E-state index contributed by atoms with van der Waals surface area (Å²) in [5.41, 5.74) is 5.43. The van der Waals surface area contributed by atoms with Gasteiger partial charge in [-0.1, -0.05) is 6.58 Å². The molecule has 0 saturated carbocycles. The highest BCUT2D eigenvalue weighted by Gasteiger charge is 2.17. The van der Waals surface area contributed by atoms with Crippen LogP contribution in [-0.4, -0.2) is 35.1 Å². The summed E-state index contributed by atoms with van der Waals surface area (Å²) < 4.78 is 36.5. The lowest BCUT2D eigenvalue weighted by Gasteiger charge is -2.22. The number of nitrogens with two attached hydrogens (primary N) is 1. The Morgan fingerprint density at radius 1 is 1.53 bits per heavy atom. The third-order valence-electron chi connectivity index (χ3n) is 1.30. The van der Waals surface area contributed by atoms with Gasteiger partial charge in [0, 0.05) is 18.0 Å². The third-order valence-corrected chi connectivity index (χ3v) is 1.30. The van der Waals surface area contributed by atoms with Crippen LogP contribution >= 0.6 is 0 Å². The van der Waals surface area contributed by atoms with E-state index in [1.165, 1.54) is 0 Å². The van der Waals surface area contributed by atoms with Crippen molar-refractivity contribution in [2.45, 2.75) is 38.8 Å². The molecule has 17 heavy (non-hydrogen) atoms. The highest BCUT2D eigenvalue weighted by Crippen LogP contribution is 2.10. The summed E-state index contributed by atoms with van der Waals surface area (Å²) in [4.78, 5) is 10.7. The van der Waals surface area contributed by atoms with E-state index in [1.54, 1.807) is 0 Å². The molecule has 0 heterocycles. The largest absolute Gasteiger partial charge is 0.459 e. The van der Waals surface area contributed by atoms with Crippen LogP contribution in [0.2, 0.25) is 0 Å². The van der Waals surface area contributed by atoms with Crippen molar-refractivity contribution in [3.63, 3.8) is 0 Å². The molecule has 0 aromatic carbocycles. The lowest BCUT2D eigenvalue weighted by Crippen LogP contribution is -2.36. The van der Waals surface area contributed by atoms with Crippen molar-refractivity contribution in [1.82, 2.24) is 0 Å². The summed E-state index contributed by atoms with van der Waals surface area (Å²) in [5.74, 6) is -0.397. The predicted molar refractivity (Wildman–Crippen MR) is 62.8 cm³/mol. The number of carbonyl (C=O) groups is 1. The fourth-order valence-corrected chi connectivity index (χ4v) is 1.03. The lowest BCUT2D eigenvalue weighted by molar-refractivity contribution is -0.142. The van der Waals surface area contributed by atoms with Gasteiger partial charge in [0.15, 0.2) is 0 Å². The molecule has 0 aromatic heterocycles. The quantitative estimate of drug-likeness (QED) is 0.387. The lowest BCUT2D eigenvalue weighted by atomic mass is 9.99. The minimum Gasteiger partial charge on any atom is -0.459 e. The van der Waals surface area contributed by atoms with Gasteiger partial charge in [-0.15, -0.1) is 0 Å².